The molecule has 0 aromatic heterocycles. The SMILES string of the molecule is CC(C)(C)OC(=O)N1C[C@@H](F)C[C@H]1C(=O)N1CCC[C@H]1C(=O)NCC(=O)OCc1ccccc1. The fourth-order valence-corrected chi connectivity index (χ4v) is 4.10. The molecule has 0 bridgehead atoms. The van der Waals surface area contributed by atoms with Crippen LogP contribution >= 0.6 is 0 Å². The van der Waals surface area contributed by atoms with Crippen LogP contribution in [0, 0.1) is 0 Å². The van der Waals surface area contributed by atoms with E-state index in [0.717, 1.165) is 10.5 Å². The van der Waals surface area contributed by atoms with Crippen LogP contribution in [0.4, 0.5) is 9.18 Å². The number of carbonyl (C=O) groups is 4. The molecule has 1 aromatic rings. The molecular weight excluding hydrogens is 445 g/mol. The summed E-state index contributed by atoms with van der Waals surface area (Å²) in [5.74, 6) is -1.57. The normalized spacial score (nSPS) is 22.4. The third kappa shape index (κ3) is 6.68. The Morgan fingerprint density at radius 2 is 1.79 bits per heavy atom. The number of carbonyl (C=O) groups excluding carboxylic acids is 4. The molecule has 3 amide bonds. The van der Waals surface area contributed by atoms with Crippen LogP contribution in [0.15, 0.2) is 30.3 Å². The van der Waals surface area contributed by atoms with E-state index in [2.05, 4.69) is 5.32 Å². The molecule has 0 unspecified atom stereocenters. The van der Waals surface area contributed by atoms with Crippen molar-refractivity contribution in [3.8, 4) is 0 Å². The lowest BCUT2D eigenvalue weighted by molar-refractivity contribution is -0.146. The van der Waals surface area contributed by atoms with Crippen molar-refractivity contribution in [1.82, 2.24) is 15.1 Å². The molecule has 2 aliphatic rings. The maximum atomic E-state index is 14.2. The summed E-state index contributed by atoms with van der Waals surface area (Å²) < 4.78 is 24.7. The summed E-state index contributed by atoms with van der Waals surface area (Å²) in [7, 11) is 0. The Kier molecular flexibility index (Phi) is 8.11. The third-order valence-corrected chi connectivity index (χ3v) is 5.65. The minimum Gasteiger partial charge on any atom is -0.460 e. The summed E-state index contributed by atoms with van der Waals surface area (Å²) in [4.78, 5) is 53.0. The zero-order valence-corrected chi connectivity index (χ0v) is 19.8. The lowest BCUT2D eigenvalue weighted by atomic mass is 10.1. The fourth-order valence-electron chi connectivity index (χ4n) is 4.10. The second-order valence-corrected chi connectivity index (χ2v) is 9.54. The first-order valence-electron chi connectivity index (χ1n) is 11.5. The van der Waals surface area contributed by atoms with Crippen LogP contribution in [0.3, 0.4) is 0 Å². The molecule has 0 aliphatic carbocycles. The molecule has 34 heavy (non-hydrogen) atoms. The van der Waals surface area contributed by atoms with Crippen LogP contribution < -0.4 is 5.32 Å². The van der Waals surface area contributed by atoms with Gasteiger partial charge in [0.15, 0.2) is 0 Å². The van der Waals surface area contributed by atoms with Crippen LogP contribution in [0.2, 0.25) is 0 Å². The smallest absolute Gasteiger partial charge is 0.411 e. The monoisotopic (exact) mass is 477 g/mol. The van der Waals surface area contributed by atoms with Gasteiger partial charge in [-0.05, 0) is 39.2 Å². The summed E-state index contributed by atoms with van der Waals surface area (Å²) in [6.45, 7) is 4.91. The van der Waals surface area contributed by atoms with E-state index in [-0.39, 0.29) is 26.1 Å². The number of rotatable bonds is 6. The third-order valence-electron chi connectivity index (χ3n) is 5.65. The molecule has 3 rings (SSSR count). The van der Waals surface area contributed by atoms with E-state index in [9.17, 15) is 23.6 Å². The van der Waals surface area contributed by atoms with Crippen LogP contribution in [0.5, 0.6) is 0 Å². The molecule has 1 aromatic carbocycles. The zero-order chi connectivity index (χ0) is 24.9. The molecule has 3 atom stereocenters. The number of esters is 1. The van der Waals surface area contributed by atoms with E-state index in [0.29, 0.717) is 19.4 Å². The highest BCUT2D eigenvalue weighted by molar-refractivity contribution is 5.93. The van der Waals surface area contributed by atoms with Crippen molar-refractivity contribution >= 4 is 23.9 Å². The maximum Gasteiger partial charge on any atom is 0.411 e. The van der Waals surface area contributed by atoms with Gasteiger partial charge in [-0.3, -0.25) is 19.3 Å². The minimum absolute atomic E-state index is 0.0934. The molecular formula is C24H32FN3O6. The predicted octanol–water partition coefficient (Wildman–Crippen LogP) is 2.18. The number of nitrogens with one attached hydrogen (secondary N) is 1. The number of hydrogen-bond acceptors (Lipinski definition) is 6. The van der Waals surface area contributed by atoms with E-state index < -0.39 is 47.7 Å². The van der Waals surface area contributed by atoms with Crippen molar-refractivity contribution in [1.29, 1.82) is 0 Å². The van der Waals surface area contributed by atoms with Crippen molar-refractivity contribution in [2.75, 3.05) is 19.6 Å². The molecule has 2 heterocycles. The number of likely N-dealkylation sites (tertiary alicyclic amines) is 2. The average Bonchev–Trinajstić information content (AvgIpc) is 3.42. The Bertz CT molecular complexity index is 904. The van der Waals surface area contributed by atoms with E-state index in [1.807, 2.05) is 30.3 Å². The van der Waals surface area contributed by atoms with Gasteiger partial charge in [-0.15, -0.1) is 0 Å². The van der Waals surface area contributed by atoms with Gasteiger partial charge in [-0.1, -0.05) is 30.3 Å². The molecule has 2 fully saturated rings. The Hall–Kier alpha value is -3.17. The number of halogens is 1. The van der Waals surface area contributed by atoms with Gasteiger partial charge in [0.1, 0.15) is 37.0 Å². The molecule has 10 heteroatoms. The highest BCUT2D eigenvalue weighted by Crippen LogP contribution is 2.28. The van der Waals surface area contributed by atoms with E-state index in [4.69, 9.17) is 9.47 Å². The van der Waals surface area contributed by atoms with Crippen LogP contribution in [0.25, 0.3) is 0 Å². The van der Waals surface area contributed by atoms with E-state index >= 15 is 0 Å². The topological polar surface area (TPSA) is 105 Å². The highest BCUT2D eigenvalue weighted by Gasteiger charge is 2.46. The van der Waals surface area contributed by atoms with Gasteiger partial charge in [0, 0.05) is 13.0 Å². The van der Waals surface area contributed by atoms with Crippen molar-refractivity contribution in [3.05, 3.63) is 35.9 Å². The van der Waals surface area contributed by atoms with Gasteiger partial charge in [0.05, 0.1) is 6.54 Å². The Balaban J connectivity index is 1.55. The van der Waals surface area contributed by atoms with Gasteiger partial charge < -0.3 is 19.7 Å². The van der Waals surface area contributed by atoms with E-state index in [1.165, 1.54) is 4.90 Å². The Morgan fingerprint density at radius 3 is 2.47 bits per heavy atom. The molecule has 2 aliphatic heterocycles. The predicted molar refractivity (Wildman–Crippen MR) is 120 cm³/mol. The zero-order valence-electron chi connectivity index (χ0n) is 19.8. The van der Waals surface area contributed by atoms with Crippen molar-refractivity contribution < 1.29 is 33.0 Å². The van der Waals surface area contributed by atoms with Gasteiger partial charge in [0.2, 0.25) is 11.8 Å². The molecule has 9 nitrogen and oxygen atoms in total. The average molecular weight is 478 g/mol. The number of ether oxygens (including phenoxy) is 2. The molecule has 2 saturated heterocycles. The summed E-state index contributed by atoms with van der Waals surface area (Å²) >= 11 is 0. The molecule has 0 radical (unpaired) electrons. The highest BCUT2D eigenvalue weighted by atomic mass is 19.1. The summed E-state index contributed by atoms with van der Waals surface area (Å²) in [5.41, 5.74) is 0.0385. The number of benzene rings is 1. The van der Waals surface area contributed by atoms with Gasteiger partial charge in [-0.2, -0.15) is 0 Å². The largest absolute Gasteiger partial charge is 0.460 e. The maximum absolute atomic E-state index is 14.2. The standard InChI is InChI=1S/C24H32FN3O6/c1-24(2,3)34-23(32)28-14-17(25)12-19(28)22(31)27-11-7-10-18(27)21(30)26-13-20(29)33-15-16-8-5-4-6-9-16/h4-6,8-9,17-19H,7,10-15H2,1-3H3,(H,26,30)/t17-,18-,19-/m0/s1. The van der Waals surface area contributed by atoms with Gasteiger partial charge in [0.25, 0.3) is 0 Å². The molecule has 0 saturated carbocycles. The van der Waals surface area contributed by atoms with Crippen LogP contribution in [-0.4, -0.2) is 77.2 Å². The summed E-state index contributed by atoms with van der Waals surface area (Å²) in [6, 6.07) is 7.32. The molecule has 0 spiro atoms. The van der Waals surface area contributed by atoms with Crippen LogP contribution in [-0.2, 0) is 30.5 Å². The summed E-state index contributed by atoms with van der Waals surface area (Å²) in [5, 5.41) is 2.52. The lowest BCUT2D eigenvalue weighted by Gasteiger charge is -2.31. The Labute approximate surface area is 198 Å². The fraction of sp³-hybridized carbons (Fsp3) is 0.583. The van der Waals surface area contributed by atoms with Crippen molar-refractivity contribution in [2.45, 2.75) is 70.5 Å². The number of alkyl halides is 1. The van der Waals surface area contributed by atoms with Crippen molar-refractivity contribution in [2.24, 2.45) is 0 Å². The second-order valence-electron chi connectivity index (χ2n) is 9.54. The lowest BCUT2D eigenvalue weighted by Crippen LogP contribution is -2.53. The summed E-state index contributed by atoms with van der Waals surface area (Å²) in [6.07, 6.45) is -1.26. The first kappa shape index (κ1) is 25.5. The second kappa shape index (κ2) is 10.8. The quantitative estimate of drug-likeness (QED) is 0.630. The number of hydrogen-bond donors (Lipinski definition) is 1. The molecule has 186 valence electrons. The first-order valence-corrected chi connectivity index (χ1v) is 11.5. The van der Waals surface area contributed by atoms with Crippen molar-refractivity contribution in [3.63, 3.8) is 0 Å². The van der Waals surface area contributed by atoms with Gasteiger partial charge in [-0.25, -0.2) is 9.18 Å². The minimum atomic E-state index is -1.35. The number of nitrogens with zero attached hydrogens (tertiary/aromatic N) is 2. The van der Waals surface area contributed by atoms with Crippen LogP contribution in [0.1, 0.15) is 45.6 Å². The molecule has 1 N–H and O–H groups in total. The van der Waals surface area contributed by atoms with Gasteiger partial charge >= 0.3 is 12.1 Å². The Morgan fingerprint density at radius 1 is 1.09 bits per heavy atom. The van der Waals surface area contributed by atoms with E-state index in [1.54, 1.807) is 20.8 Å². The first-order chi connectivity index (χ1) is 16.0. The number of amides is 3.